The number of hydrogen-bond acceptors (Lipinski definition) is 8. The van der Waals surface area contributed by atoms with Crippen molar-refractivity contribution in [2.24, 2.45) is 5.73 Å². The van der Waals surface area contributed by atoms with Gasteiger partial charge in [-0.1, -0.05) is 38.1 Å². The number of nitrogen functional groups attached to an aromatic ring is 1. The number of phenolic OH excluding ortho intramolecular Hbond substituents is 1. The molecule has 0 spiro atoms. The summed E-state index contributed by atoms with van der Waals surface area (Å²) >= 11 is 0.745. The normalized spacial score (nSPS) is 15.8. The van der Waals surface area contributed by atoms with E-state index in [1.165, 1.54) is 17.0 Å². The number of carbonyl (C=O) groups is 3. The predicted molar refractivity (Wildman–Crippen MR) is 145 cm³/mol. The maximum atomic E-state index is 14.1. The van der Waals surface area contributed by atoms with Crippen LogP contribution in [-0.2, 0) is 9.53 Å². The number of aromatic hydroxyl groups is 1. The highest BCUT2D eigenvalue weighted by molar-refractivity contribution is 7.09. The topological polar surface area (TPSA) is 161 Å². The summed E-state index contributed by atoms with van der Waals surface area (Å²) in [6.45, 7) is 5.04. The number of amides is 3. The lowest BCUT2D eigenvalue weighted by molar-refractivity contribution is -0.123. The summed E-state index contributed by atoms with van der Waals surface area (Å²) in [6.07, 6.45) is 1.64. The Morgan fingerprint density at radius 1 is 1.13 bits per heavy atom. The average Bonchev–Trinajstić information content (AvgIpc) is 3.56. The molecule has 1 fully saturated rings. The molecule has 2 aromatic carbocycles. The van der Waals surface area contributed by atoms with Crippen LogP contribution in [0.25, 0.3) is 0 Å². The maximum absolute atomic E-state index is 14.1. The minimum atomic E-state index is -1.13. The van der Waals surface area contributed by atoms with E-state index in [2.05, 4.69) is 23.5 Å². The Morgan fingerprint density at radius 3 is 2.34 bits per heavy atom. The van der Waals surface area contributed by atoms with Crippen molar-refractivity contribution in [3.63, 3.8) is 0 Å². The molecule has 6 N–H and O–H groups in total. The molecule has 38 heavy (non-hydrogen) atoms. The SMILES string of the molecule is CC(C)c1ccc(N(C(=O)c2snc(C(N)=O)c2N)[C@H](C(=O)NC[C@H]2CCCO2)c2ccc(O)cc2)cc1. The Hall–Kier alpha value is -3.96. The summed E-state index contributed by atoms with van der Waals surface area (Å²) in [5.74, 6) is -1.63. The molecule has 0 saturated carbocycles. The molecule has 200 valence electrons. The number of phenols is 1. The third-order valence-corrected chi connectivity index (χ3v) is 7.31. The highest BCUT2D eigenvalue weighted by Crippen LogP contribution is 2.34. The molecule has 4 rings (SSSR count). The second kappa shape index (κ2) is 11.6. The standard InChI is InChI=1S/C27H31N5O5S/c1-15(2)16-5-9-18(10-6-16)32(27(36)24-21(28)22(25(29)34)31-38-24)23(17-7-11-19(33)12-8-17)26(35)30-14-20-4-3-13-37-20/h5-12,15,20,23,33H,3-4,13-14,28H2,1-2H3,(H2,29,34)(H,30,35)/t20-,23+/m1/s1. The van der Waals surface area contributed by atoms with Gasteiger partial charge in [0, 0.05) is 18.8 Å². The van der Waals surface area contributed by atoms with Gasteiger partial charge in [0.25, 0.3) is 11.8 Å². The molecule has 0 unspecified atom stereocenters. The number of rotatable bonds is 9. The van der Waals surface area contributed by atoms with Gasteiger partial charge >= 0.3 is 0 Å². The van der Waals surface area contributed by atoms with Crippen LogP contribution in [0, 0.1) is 0 Å². The van der Waals surface area contributed by atoms with Gasteiger partial charge in [0.05, 0.1) is 11.8 Å². The van der Waals surface area contributed by atoms with Crippen molar-refractivity contribution >= 4 is 40.6 Å². The molecule has 1 aliphatic rings. The van der Waals surface area contributed by atoms with Gasteiger partial charge in [-0.05, 0) is 65.7 Å². The summed E-state index contributed by atoms with van der Waals surface area (Å²) < 4.78 is 9.62. The van der Waals surface area contributed by atoms with Crippen molar-refractivity contribution in [3.05, 3.63) is 70.2 Å². The van der Waals surface area contributed by atoms with E-state index in [1.807, 2.05) is 12.1 Å². The molecule has 2 heterocycles. The first-order valence-electron chi connectivity index (χ1n) is 12.3. The number of benzene rings is 2. The smallest absolute Gasteiger partial charge is 0.273 e. The van der Waals surface area contributed by atoms with Gasteiger partial charge in [-0.15, -0.1) is 0 Å². The van der Waals surface area contributed by atoms with Crippen LogP contribution in [0.1, 0.15) is 69.9 Å². The third-order valence-electron chi connectivity index (χ3n) is 6.46. The number of nitrogens with two attached hydrogens (primary N) is 2. The molecule has 1 aromatic heterocycles. The predicted octanol–water partition coefficient (Wildman–Crippen LogP) is 3.34. The number of nitrogens with one attached hydrogen (secondary N) is 1. The molecule has 2 atom stereocenters. The summed E-state index contributed by atoms with van der Waals surface area (Å²) in [7, 11) is 0. The van der Waals surface area contributed by atoms with Crippen LogP contribution in [0.3, 0.4) is 0 Å². The molecule has 10 nitrogen and oxygen atoms in total. The number of carbonyl (C=O) groups excluding carboxylic acids is 3. The number of primary amides is 1. The Morgan fingerprint density at radius 2 is 1.79 bits per heavy atom. The van der Waals surface area contributed by atoms with E-state index in [0.29, 0.717) is 17.9 Å². The summed E-state index contributed by atoms with van der Waals surface area (Å²) in [5.41, 5.74) is 13.1. The minimum absolute atomic E-state index is 0.0116. The van der Waals surface area contributed by atoms with Gasteiger partial charge in [-0.25, -0.2) is 0 Å². The second-order valence-electron chi connectivity index (χ2n) is 9.43. The third kappa shape index (κ3) is 5.79. The van der Waals surface area contributed by atoms with E-state index in [-0.39, 0.29) is 40.6 Å². The fourth-order valence-corrected chi connectivity index (χ4v) is 5.08. The summed E-state index contributed by atoms with van der Waals surface area (Å²) in [6, 6.07) is 12.2. The largest absolute Gasteiger partial charge is 0.508 e. The zero-order valence-electron chi connectivity index (χ0n) is 21.2. The highest BCUT2D eigenvalue weighted by Gasteiger charge is 2.36. The van der Waals surface area contributed by atoms with Crippen LogP contribution in [0.15, 0.2) is 48.5 Å². The van der Waals surface area contributed by atoms with Crippen molar-refractivity contribution in [3.8, 4) is 5.75 Å². The van der Waals surface area contributed by atoms with Crippen molar-refractivity contribution < 1.29 is 24.2 Å². The number of nitrogens with zero attached hydrogens (tertiary/aromatic N) is 2. The van der Waals surface area contributed by atoms with Crippen molar-refractivity contribution in [2.45, 2.75) is 44.8 Å². The van der Waals surface area contributed by atoms with E-state index in [0.717, 1.165) is 29.9 Å². The first kappa shape index (κ1) is 27.1. The summed E-state index contributed by atoms with van der Waals surface area (Å²) in [4.78, 5) is 40.9. The van der Waals surface area contributed by atoms with E-state index >= 15 is 0 Å². The van der Waals surface area contributed by atoms with Gasteiger partial charge in [0.1, 0.15) is 16.7 Å². The second-order valence-corrected chi connectivity index (χ2v) is 10.2. The van der Waals surface area contributed by atoms with Crippen LogP contribution in [-0.4, -0.2) is 46.5 Å². The monoisotopic (exact) mass is 537 g/mol. The van der Waals surface area contributed by atoms with Crippen LogP contribution >= 0.6 is 11.5 Å². The minimum Gasteiger partial charge on any atom is -0.508 e. The molecule has 1 saturated heterocycles. The molecular formula is C27H31N5O5S. The maximum Gasteiger partial charge on any atom is 0.273 e. The lowest BCUT2D eigenvalue weighted by Gasteiger charge is -2.32. The molecule has 3 amide bonds. The van der Waals surface area contributed by atoms with E-state index in [1.54, 1.807) is 24.3 Å². The van der Waals surface area contributed by atoms with Crippen LogP contribution in [0.2, 0.25) is 0 Å². The van der Waals surface area contributed by atoms with E-state index in [4.69, 9.17) is 16.2 Å². The first-order chi connectivity index (χ1) is 18.2. The van der Waals surface area contributed by atoms with E-state index in [9.17, 15) is 19.5 Å². The Bertz CT molecular complexity index is 1300. The highest BCUT2D eigenvalue weighted by atomic mass is 32.1. The molecule has 0 aliphatic carbocycles. The van der Waals surface area contributed by atoms with Crippen molar-refractivity contribution in [2.75, 3.05) is 23.8 Å². The lowest BCUT2D eigenvalue weighted by Crippen LogP contribution is -2.45. The number of hydrogen-bond donors (Lipinski definition) is 4. The Kier molecular flexibility index (Phi) is 8.28. The molecule has 11 heteroatoms. The fraction of sp³-hybridized carbons (Fsp3) is 0.333. The average molecular weight is 538 g/mol. The Labute approximate surface area is 224 Å². The van der Waals surface area contributed by atoms with Gasteiger partial charge in [0.15, 0.2) is 5.69 Å². The van der Waals surface area contributed by atoms with E-state index < -0.39 is 23.8 Å². The van der Waals surface area contributed by atoms with Crippen LogP contribution in [0.4, 0.5) is 11.4 Å². The zero-order chi connectivity index (χ0) is 27.4. The van der Waals surface area contributed by atoms with Gasteiger partial charge < -0.3 is 26.6 Å². The molecule has 3 aromatic rings. The number of anilines is 2. The summed E-state index contributed by atoms with van der Waals surface area (Å²) in [5, 5.41) is 12.8. The fourth-order valence-electron chi connectivity index (χ4n) is 4.33. The van der Waals surface area contributed by atoms with Crippen molar-refractivity contribution in [1.82, 2.24) is 9.69 Å². The van der Waals surface area contributed by atoms with Crippen LogP contribution in [0.5, 0.6) is 5.75 Å². The number of ether oxygens (including phenoxy) is 1. The van der Waals surface area contributed by atoms with Gasteiger partial charge in [-0.2, -0.15) is 4.37 Å². The van der Waals surface area contributed by atoms with Crippen molar-refractivity contribution in [1.29, 1.82) is 0 Å². The molecular weight excluding hydrogens is 506 g/mol. The molecule has 1 aliphatic heterocycles. The zero-order valence-corrected chi connectivity index (χ0v) is 22.0. The molecule has 0 bridgehead atoms. The van der Waals surface area contributed by atoms with Crippen LogP contribution < -0.4 is 21.7 Å². The van der Waals surface area contributed by atoms with Gasteiger partial charge in [0.2, 0.25) is 5.91 Å². The first-order valence-corrected chi connectivity index (χ1v) is 13.1. The number of aromatic nitrogens is 1. The quantitative estimate of drug-likeness (QED) is 0.325. The molecule has 0 radical (unpaired) electrons. The Balaban J connectivity index is 1.81. The lowest BCUT2D eigenvalue weighted by atomic mass is 10.00. The van der Waals surface area contributed by atoms with Gasteiger partial charge in [-0.3, -0.25) is 19.3 Å².